The minimum atomic E-state index is 0.0112. The molecule has 1 fully saturated rings. The van der Waals surface area contributed by atoms with Crippen LogP contribution in [0.4, 0.5) is 11.5 Å². The second-order valence-corrected chi connectivity index (χ2v) is 4.83. The van der Waals surface area contributed by atoms with Crippen molar-refractivity contribution < 1.29 is 9.53 Å². The summed E-state index contributed by atoms with van der Waals surface area (Å²) in [7, 11) is 0. The van der Waals surface area contributed by atoms with E-state index in [2.05, 4.69) is 10.3 Å². The van der Waals surface area contributed by atoms with Gasteiger partial charge in [0, 0.05) is 25.0 Å². The fourth-order valence-corrected chi connectivity index (χ4v) is 2.21. The number of para-hydroxylation sites is 1. The monoisotopic (exact) mass is 283 g/mol. The molecule has 0 bridgehead atoms. The highest BCUT2D eigenvalue weighted by atomic mass is 16.5. The largest absolute Gasteiger partial charge is 0.378 e. The van der Waals surface area contributed by atoms with E-state index >= 15 is 0 Å². The zero-order valence-corrected chi connectivity index (χ0v) is 11.7. The number of hydrogen-bond donors (Lipinski definition) is 1. The third-order valence-electron chi connectivity index (χ3n) is 3.35. The van der Waals surface area contributed by atoms with Crippen molar-refractivity contribution in [1.82, 2.24) is 9.88 Å². The van der Waals surface area contributed by atoms with Gasteiger partial charge in [-0.1, -0.05) is 18.2 Å². The Kier molecular flexibility index (Phi) is 4.12. The summed E-state index contributed by atoms with van der Waals surface area (Å²) in [5, 5.41) is 3.19. The molecule has 21 heavy (non-hydrogen) atoms. The van der Waals surface area contributed by atoms with Crippen LogP contribution in [0.3, 0.4) is 0 Å². The number of anilines is 2. The molecule has 1 amide bonds. The number of pyridine rings is 1. The fourth-order valence-electron chi connectivity index (χ4n) is 2.21. The summed E-state index contributed by atoms with van der Waals surface area (Å²) in [5.41, 5.74) is 1.58. The quantitative estimate of drug-likeness (QED) is 0.939. The highest BCUT2D eigenvalue weighted by molar-refractivity contribution is 5.94. The lowest BCUT2D eigenvalue weighted by Gasteiger charge is -2.26. The van der Waals surface area contributed by atoms with Crippen molar-refractivity contribution in [2.24, 2.45) is 0 Å². The summed E-state index contributed by atoms with van der Waals surface area (Å²) in [6.45, 7) is 2.49. The molecular formula is C16H17N3O2. The van der Waals surface area contributed by atoms with Crippen LogP contribution in [0, 0.1) is 0 Å². The molecule has 1 aliphatic rings. The maximum absolute atomic E-state index is 12.3. The maximum atomic E-state index is 12.3. The summed E-state index contributed by atoms with van der Waals surface area (Å²) < 4.78 is 5.25. The van der Waals surface area contributed by atoms with E-state index < -0.39 is 0 Å². The minimum Gasteiger partial charge on any atom is -0.378 e. The lowest BCUT2D eigenvalue weighted by molar-refractivity contribution is 0.0302. The molecule has 2 aromatic rings. The highest BCUT2D eigenvalue weighted by Gasteiger charge is 2.18. The summed E-state index contributed by atoms with van der Waals surface area (Å²) in [5.74, 6) is 0.733. The molecule has 1 aliphatic heterocycles. The second-order valence-electron chi connectivity index (χ2n) is 4.83. The topological polar surface area (TPSA) is 54.5 Å². The first-order valence-corrected chi connectivity index (χ1v) is 6.98. The third kappa shape index (κ3) is 3.38. The van der Waals surface area contributed by atoms with Crippen molar-refractivity contribution in [3.63, 3.8) is 0 Å². The molecule has 108 valence electrons. The first-order chi connectivity index (χ1) is 10.3. The van der Waals surface area contributed by atoms with Crippen LogP contribution in [0.15, 0.2) is 48.7 Å². The van der Waals surface area contributed by atoms with Crippen LogP contribution in [0.25, 0.3) is 0 Å². The molecule has 0 saturated carbocycles. The molecule has 1 N–H and O–H groups in total. The first-order valence-electron chi connectivity index (χ1n) is 6.98. The molecular weight excluding hydrogens is 266 g/mol. The van der Waals surface area contributed by atoms with Crippen molar-refractivity contribution in [3.05, 3.63) is 54.2 Å². The fraction of sp³-hybridized carbons (Fsp3) is 0.250. The molecule has 1 aromatic carbocycles. The standard InChI is InChI=1S/C16H17N3O2/c20-16(19-8-10-21-11-9-19)13-6-7-15(17-12-13)18-14-4-2-1-3-5-14/h1-7,12H,8-11H2,(H,17,18). The van der Waals surface area contributed by atoms with Crippen LogP contribution >= 0.6 is 0 Å². The van der Waals surface area contributed by atoms with Gasteiger partial charge in [0.05, 0.1) is 18.8 Å². The van der Waals surface area contributed by atoms with Crippen LogP contribution in [0.5, 0.6) is 0 Å². The molecule has 3 rings (SSSR count). The van der Waals surface area contributed by atoms with Crippen molar-refractivity contribution in [1.29, 1.82) is 0 Å². The van der Waals surface area contributed by atoms with Crippen molar-refractivity contribution in [2.75, 3.05) is 31.6 Å². The van der Waals surface area contributed by atoms with Crippen LogP contribution in [-0.4, -0.2) is 42.1 Å². The van der Waals surface area contributed by atoms with Gasteiger partial charge in [-0.3, -0.25) is 4.79 Å². The van der Waals surface area contributed by atoms with E-state index in [4.69, 9.17) is 4.74 Å². The van der Waals surface area contributed by atoms with Gasteiger partial charge in [-0.15, -0.1) is 0 Å². The lowest BCUT2D eigenvalue weighted by Crippen LogP contribution is -2.40. The zero-order valence-electron chi connectivity index (χ0n) is 11.7. The number of nitrogens with zero attached hydrogens (tertiary/aromatic N) is 2. The Bertz CT molecular complexity index is 593. The van der Waals surface area contributed by atoms with Crippen LogP contribution in [0.1, 0.15) is 10.4 Å². The molecule has 5 heteroatoms. The van der Waals surface area contributed by atoms with Gasteiger partial charge >= 0.3 is 0 Å². The molecule has 5 nitrogen and oxygen atoms in total. The number of carbonyl (C=O) groups is 1. The molecule has 0 unspecified atom stereocenters. The number of rotatable bonds is 3. The van der Waals surface area contributed by atoms with Crippen molar-refractivity contribution in [3.8, 4) is 0 Å². The lowest BCUT2D eigenvalue weighted by atomic mass is 10.2. The van der Waals surface area contributed by atoms with Gasteiger partial charge in [-0.2, -0.15) is 0 Å². The van der Waals surface area contributed by atoms with E-state index in [-0.39, 0.29) is 5.91 Å². The minimum absolute atomic E-state index is 0.0112. The predicted octanol–water partition coefficient (Wildman–Crippen LogP) is 2.30. The van der Waals surface area contributed by atoms with Gasteiger partial charge in [0.2, 0.25) is 0 Å². The first kappa shape index (κ1) is 13.6. The van der Waals surface area contributed by atoms with Crippen molar-refractivity contribution >= 4 is 17.4 Å². The average molecular weight is 283 g/mol. The van der Waals surface area contributed by atoms with Gasteiger partial charge in [-0.25, -0.2) is 4.98 Å². The van der Waals surface area contributed by atoms with E-state index in [1.54, 1.807) is 17.2 Å². The molecule has 1 saturated heterocycles. The van der Waals surface area contributed by atoms with E-state index in [9.17, 15) is 4.79 Å². The van der Waals surface area contributed by atoms with Gasteiger partial charge in [0.15, 0.2) is 0 Å². The van der Waals surface area contributed by atoms with Crippen molar-refractivity contribution in [2.45, 2.75) is 0 Å². The van der Waals surface area contributed by atoms with E-state index in [0.29, 0.717) is 31.9 Å². The molecule has 0 atom stereocenters. The number of carbonyl (C=O) groups excluding carboxylic acids is 1. The molecule has 2 heterocycles. The number of aromatic nitrogens is 1. The Morgan fingerprint density at radius 3 is 2.52 bits per heavy atom. The van der Waals surface area contributed by atoms with Crippen LogP contribution in [-0.2, 0) is 4.74 Å². The second kappa shape index (κ2) is 6.37. The summed E-state index contributed by atoms with van der Waals surface area (Å²) in [6, 6.07) is 13.4. The predicted molar refractivity (Wildman–Crippen MR) is 80.7 cm³/mol. The molecule has 0 aliphatic carbocycles. The number of nitrogens with one attached hydrogen (secondary N) is 1. The smallest absolute Gasteiger partial charge is 0.255 e. The Hall–Kier alpha value is -2.40. The number of ether oxygens (including phenoxy) is 1. The summed E-state index contributed by atoms with van der Waals surface area (Å²) in [6.07, 6.45) is 1.61. The normalized spacial score (nSPS) is 14.8. The summed E-state index contributed by atoms with van der Waals surface area (Å²) in [4.78, 5) is 18.4. The number of benzene rings is 1. The molecule has 0 spiro atoms. The Morgan fingerprint density at radius 1 is 1.10 bits per heavy atom. The number of hydrogen-bond acceptors (Lipinski definition) is 4. The maximum Gasteiger partial charge on any atom is 0.255 e. The SMILES string of the molecule is O=C(c1ccc(Nc2ccccc2)nc1)N1CCOCC1. The molecule has 1 aromatic heterocycles. The Morgan fingerprint density at radius 2 is 1.86 bits per heavy atom. The van der Waals surface area contributed by atoms with Crippen LogP contribution in [0.2, 0.25) is 0 Å². The third-order valence-corrected chi connectivity index (χ3v) is 3.35. The average Bonchev–Trinajstić information content (AvgIpc) is 2.57. The van der Waals surface area contributed by atoms with Gasteiger partial charge in [-0.05, 0) is 24.3 Å². The molecule has 0 radical (unpaired) electrons. The van der Waals surface area contributed by atoms with Crippen LogP contribution < -0.4 is 5.32 Å². The van der Waals surface area contributed by atoms with Gasteiger partial charge in [0.25, 0.3) is 5.91 Å². The Balaban J connectivity index is 1.67. The number of morpholine rings is 1. The zero-order chi connectivity index (χ0) is 14.5. The van der Waals surface area contributed by atoms with Gasteiger partial charge in [0.1, 0.15) is 5.82 Å². The van der Waals surface area contributed by atoms with Gasteiger partial charge < -0.3 is 15.0 Å². The highest BCUT2D eigenvalue weighted by Crippen LogP contribution is 2.15. The Labute approximate surface area is 123 Å². The van der Waals surface area contributed by atoms with E-state index in [1.807, 2.05) is 36.4 Å². The number of amides is 1. The van der Waals surface area contributed by atoms with E-state index in [1.165, 1.54) is 0 Å². The van der Waals surface area contributed by atoms with E-state index in [0.717, 1.165) is 11.5 Å². The summed E-state index contributed by atoms with van der Waals surface area (Å²) >= 11 is 0.